The van der Waals surface area contributed by atoms with Crippen LogP contribution in [0.25, 0.3) is 0 Å². The second kappa shape index (κ2) is 7.72. The molecule has 0 bridgehead atoms. The van der Waals surface area contributed by atoms with E-state index in [2.05, 4.69) is 4.72 Å². The van der Waals surface area contributed by atoms with Gasteiger partial charge in [0.15, 0.2) is 0 Å². The van der Waals surface area contributed by atoms with Crippen molar-refractivity contribution in [3.63, 3.8) is 0 Å². The number of halogens is 1. The normalized spacial score (nSPS) is 13.2. The van der Waals surface area contributed by atoms with Crippen LogP contribution in [0.15, 0.2) is 29.2 Å². The molecule has 1 unspecified atom stereocenters. The summed E-state index contributed by atoms with van der Waals surface area (Å²) >= 11 is 5.69. The predicted octanol–water partition coefficient (Wildman–Crippen LogP) is 2.63. The molecule has 1 atom stereocenters. The lowest BCUT2D eigenvalue weighted by Gasteiger charge is -2.09. The number of alkyl halides is 1. The first kappa shape index (κ1) is 16.3. The average molecular weight is 306 g/mol. The van der Waals surface area contributed by atoms with E-state index in [9.17, 15) is 8.42 Å². The van der Waals surface area contributed by atoms with Crippen LogP contribution in [0.1, 0.15) is 19.8 Å². The van der Waals surface area contributed by atoms with Crippen molar-refractivity contribution in [1.82, 2.24) is 4.72 Å². The Hall–Kier alpha value is -0.780. The lowest BCUT2D eigenvalue weighted by molar-refractivity contribution is 0.414. The van der Waals surface area contributed by atoms with Crippen LogP contribution in [0.4, 0.5) is 0 Å². The molecule has 0 aliphatic heterocycles. The number of sulfonamides is 1. The molecule has 0 aliphatic rings. The summed E-state index contributed by atoms with van der Waals surface area (Å²) in [7, 11) is -1.89. The fourth-order valence-electron chi connectivity index (χ4n) is 1.57. The number of methoxy groups -OCH3 is 1. The van der Waals surface area contributed by atoms with Gasteiger partial charge in [0.25, 0.3) is 0 Å². The van der Waals surface area contributed by atoms with E-state index in [0.29, 0.717) is 24.1 Å². The third kappa shape index (κ3) is 5.38. The van der Waals surface area contributed by atoms with Crippen molar-refractivity contribution in [2.24, 2.45) is 5.92 Å². The second-order valence-electron chi connectivity index (χ2n) is 4.48. The maximum absolute atomic E-state index is 12.0. The Labute approximate surface area is 120 Å². The molecule has 0 aliphatic carbocycles. The zero-order chi connectivity index (χ0) is 14.3. The van der Waals surface area contributed by atoms with Crippen LogP contribution in [-0.4, -0.2) is 28.0 Å². The van der Waals surface area contributed by atoms with Crippen LogP contribution in [-0.2, 0) is 10.0 Å². The first-order chi connectivity index (χ1) is 8.99. The van der Waals surface area contributed by atoms with Gasteiger partial charge < -0.3 is 4.74 Å². The molecule has 0 radical (unpaired) electrons. The van der Waals surface area contributed by atoms with Gasteiger partial charge in [0.1, 0.15) is 5.75 Å². The van der Waals surface area contributed by atoms with Gasteiger partial charge in [-0.1, -0.05) is 6.92 Å². The molecule has 0 fully saturated rings. The summed E-state index contributed by atoms with van der Waals surface area (Å²) in [5.74, 6) is 1.65. The third-order valence-corrected chi connectivity index (χ3v) is 4.80. The summed E-state index contributed by atoms with van der Waals surface area (Å²) in [6.07, 6.45) is 1.69. The van der Waals surface area contributed by atoms with E-state index in [1.54, 1.807) is 19.2 Å². The van der Waals surface area contributed by atoms with Crippen LogP contribution in [0.5, 0.6) is 5.75 Å². The molecular formula is C13H20ClNO3S. The monoisotopic (exact) mass is 305 g/mol. The van der Waals surface area contributed by atoms with Crippen LogP contribution in [0.2, 0.25) is 0 Å². The lowest BCUT2D eigenvalue weighted by Crippen LogP contribution is -2.25. The fraction of sp³-hybridized carbons (Fsp3) is 0.538. The van der Waals surface area contributed by atoms with Gasteiger partial charge in [-0.05, 0) is 43.0 Å². The highest BCUT2D eigenvalue weighted by Gasteiger charge is 2.13. The van der Waals surface area contributed by atoms with E-state index < -0.39 is 10.0 Å². The highest BCUT2D eigenvalue weighted by Crippen LogP contribution is 2.15. The standard InChI is InChI=1S/C13H20ClNO3S/c1-11(10-14)4-3-9-15-19(16,17)13-7-5-12(18-2)6-8-13/h5-8,11,15H,3-4,9-10H2,1-2H3. The molecule has 0 saturated heterocycles. The van der Waals surface area contributed by atoms with Crippen molar-refractivity contribution < 1.29 is 13.2 Å². The SMILES string of the molecule is COc1ccc(S(=O)(=O)NCCCC(C)CCl)cc1. The highest BCUT2D eigenvalue weighted by molar-refractivity contribution is 7.89. The third-order valence-electron chi connectivity index (χ3n) is 2.80. The first-order valence-electron chi connectivity index (χ1n) is 6.19. The van der Waals surface area contributed by atoms with Gasteiger partial charge in [-0.2, -0.15) is 0 Å². The van der Waals surface area contributed by atoms with E-state index in [-0.39, 0.29) is 4.90 Å². The quantitative estimate of drug-likeness (QED) is 0.593. The molecule has 0 amide bonds. The van der Waals surface area contributed by atoms with Crippen LogP contribution >= 0.6 is 11.6 Å². The molecule has 108 valence electrons. The summed E-state index contributed by atoms with van der Waals surface area (Å²) in [6, 6.07) is 6.32. The van der Waals surface area contributed by atoms with E-state index in [1.807, 2.05) is 6.92 Å². The van der Waals surface area contributed by atoms with Crippen molar-refractivity contribution in [3.8, 4) is 5.75 Å². The maximum Gasteiger partial charge on any atom is 0.240 e. The van der Waals surface area contributed by atoms with Crippen molar-refractivity contribution in [2.45, 2.75) is 24.7 Å². The molecule has 1 aromatic carbocycles. The minimum Gasteiger partial charge on any atom is -0.497 e. The molecule has 0 heterocycles. The van der Waals surface area contributed by atoms with Gasteiger partial charge in [-0.3, -0.25) is 0 Å². The molecule has 6 heteroatoms. The Morgan fingerprint density at radius 3 is 2.47 bits per heavy atom. The van der Waals surface area contributed by atoms with Crippen molar-refractivity contribution in [1.29, 1.82) is 0 Å². The molecule has 1 aromatic rings. The zero-order valence-electron chi connectivity index (χ0n) is 11.2. The van der Waals surface area contributed by atoms with E-state index in [1.165, 1.54) is 12.1 Å². The fourth-order valence-corrected chi connectivity index (χ4v) is 2.80. The first-order valence-corrected chi connectivity index (χ1v) is 8.21. The Balaban J connectivity index is 2.51. The van der Waals surface area contributed by atoms with Gasteiger partial charge in [-0.15, -0.1) is 11.6 Å². The summed E-state index contributed by atoms with van der Waals surface area (Å²) in [6.45, 7) is 2.47. The molecule has 4 nitrogen and oxygen atoms in total. The van der Waals surface area contributed by atoms with Crippen LogP contribution in [0.3, 0.4) is 0 Å². The molecule has 0 saturated carbocycles. The second-order valence-corrected chi connectivity index (χ2v) is 6.55. The van der Waals surface area contributed by atoms with E-state index in [4.69, 9.17) is 16.3 Å². The summed E-state index contributed by atoms with van der Waals surface area (Å²) < 4.78 is 31.5. The van der Waals surface area contributed by atoms with E-state index >= 15 is 0 Å². The van der Waals surface area contributed by atoms with Gasteiger partial charge >= 0.3 is 0 Å². The minimum absolute atomic E-state index is 0.249. The maximum atomic E-state index is 12.0. The topological polar surface area (TPSA) is 55.4 Å². The number of rotatable bonds is 8. The van der Waals surface area contributed by atoms with Crippen LogP contribution in [0, 0.1) is 5.92 Å². The molecule has 1 rings (SSSR count). The van der Waals surface area contributed by atoms with Crippen molar-refractivity contribution >= 4 is 21.6 Å². The van der Waals surface area contributed by atoms with Gasteiger partial charge in [0.05, 0.1) is 12.0 Å². The molecule has 1 N–H and O–H groups in total. The Bertz CT molecular complexity index is 473. The molecule has 0 spiro atoms. The van der Waals surface area contributed by atoms with E-state index in [0.717, 1.165) is 12.8 Å². The molecular weight excluding hydrogens is 286 g/mol. The summed E-state index contributed by atoms with van der Waals surface area (Å²) in [4.78, 5) is 0.249. The number of hydrogen-bond donors (Lipinski definition) is 1. The number of hydrogen-bond acceptors (Lipinski definition) is 3. The van der Waals surface area contributed by atoms with Gasteiger partial charge in [0, 0.05) is 12.4 Å². The molecule has 19 heavy (non-hydrogen) atoms. The predicted molar refractivity (Wildman–Crippen MR) is 77.3 cm³/mol. The zero-order valence-corrected chi connectivity index (χ0v) is 12.8. The average Bonchev–Trinajstić information content (AvgIpc) is 2.43. The van der Waals surface area contributed by atoms with Crippen LogP contribution < -0.4 is 9.46 Å². The Morgan fingerprint density at radius 2 is 1.95 bits per heavy atom. The van der Waals surface area contributed by atoms with Gasteiger partial charge in [-0.25, -0.2) is 13.1 Å². The summed E-state index contributed by atoms with van der Waals surface area (Å²) in [5, 5.41) is 0. The van der Waals surface area contributed by atoms with Gasteiger partial charge in [0.2, 0.25) is 10.0 Å². The number of ether oxygens (including phenoxy) is 1. The number of benzene rings is 1. The Kier molecular flexibility index (Phi) is 6.62. The summed E-state index contributed by atoms with van der Waals surface area (Å²) in [5.41, 5.74) is 0. The highest BCUT2D eigenvalue weighted by atomic mass is 35.5. The minimum atomic E-state index is -3.43. The smallest absolute Gasteiger partial charge is 0.240 e. The van der Waals surface area contributed by atoms with Crippen molar-refractivity contribution in [3.05, 3.63) is 24.3 Å². The number of nitrogens with one attached hydrogen (secondary N) is 1. The Morgan fingerprint density at radius 1 is 1.32 bits per heavy atom. The lowest BCUT2D eigenvalue weighted by atomic mass is 10.1. The largest absolute Gasteiger partial charge is 0.497 e. The molecule has 0 aromatic heterocycles. The van der Waals surface area contributed by atoms with Crippen molar-refractivity contribution in [2.75, 3.05) is 19.5 Å².